The van der Waals surface area contributed by atoms with E-state index in [4.69, 9.17) is 4.74 Å². The molecule has 0 radical (unpaired) electrons. The van der Waals surface area contributed by atoms with E-state index in [1.165, 1.54) is 0 Å². The van der Waals surface area contributed by atoms with Crippen LogP contribution in [0.3, 0.4) is 0 Å². The van der Waals surface area contributed by atoms with E-state index in [2.05, 4.69) is 25.7 Å². The predicted octanol–water partition coefficient (Wildman–Crippen LogP) is 1.31. The maximum Gasteiger partial charge on any atom is 0.410 e. The fourth-order valence-corrected chi connectivity index (χ4v) is 2.32. The quantitative estimate of drug-likeness (QED) is 0.607. The van der Waals surface area contributed by atoms with Crippen molar-refractivity contribution in [2.75, 3.05) is 26.2 Å². The van der Waals surface area contributed by atoms with Gasteiger partial charge in [-0.1, -0.05) is 0 Å². The molecule has 4 nitrogen and oxygen atoms in total. The minimum absolute atomic E-state index is 0.125. The second-order valence-corrected chi connectivity index (χ2v) is 5.37. The Balaban J connectivity index is 2.03. The Morgan fingerprint density at radius 1 is 1.33 bits per heavy atom. The first kappa shape index (κ1) is 10.7. The van der Waals surface area contributed by atoms with E-state index in [-0.39, 0.29) is 11.6 Å². The molecule has 0 aromatic rings. The predicted molar refractivity (Wildman–Crippen MR) is 57.8 cm³/mol. The zero-order valence-electron chi connectivity index (χ0n) is 9.82. The van der Waals surface area contributed by atoms with Crippen molar-refractivity contribution in [3.8, 4) is 0 Å². The van der Waals surface area contributed by atoms with Crippen LogP contribution < -0.4 is 0 Å². The molecule has 1 unspecified atom stereocenters. The Morgan fingerprint density at radius 2 is 2.07 bits per heavy atom. The van der Waals surface area contributed by atoms with Crippen LogP contribution in [-0.4, -0.2) is 53.7 Å². The summed E-state index contributed by atoms with van der Waals surface area (Å²) in [6, 6.07) is 0.360. The third-order valence-corrected chi connectivity index (χ3v) is 3.34. The largest absolute Gasteiger partial charge is 0.449 e. The highest BCUT2D eigenvalue weighted by Crippen LogP contribution is 2.23. The SMILES string of the molecule is CC(C)(C)N1CCN2C(=O)OCCC2C1. The van der Waals surface area contributed by atoms with E-state index in [0.717, 1.165) is 26.1 Å². The van der Waals surface area contributed by atoms with Crippen LogP contribution >= 0.6 is 0 Å². The molecule has 2 fully saturated rings. The van der Waals surface area contributed by atoms with Crippen LogP contribution in [0.5, 0.6) is 0 Å². The molecule has 0 aromatic heterocycles. The summed E-state index contributed by atoms with van der Waals surface area (Å²) in [7, 11) is 0. The zero-order valence-corrected chi connectivity index (χ0v) is 9.82. The number of carbonyl (C=O) groups excluding carboxylic acids is 1. The number of hydrogen-bond donors (Lipinski definition) is 0. The molecule has 0 aromatic carbocycles. The lowest BCUT2D eigenvalue weighted by Crippen LogP contribution is -2.61. The van der Waals surface area contributed by atoms with Crippen LogP contribution in [0.15, 0.2) is 0 Å². The molecule has 2 rings (SSSR count). The number of rotatable bonds is 0. The summed E-state index contributed by atoms with van der Waals surface area (Å²) in [6.07, 6.45) is 0.845. The molecular weight excluding hydrogens is 192 g/mol. The number of hydrogen-bond acceptors (Lipinski definition) is 3. The van der Waals surface area contributed by atoms with Crippen molar-refractivity contribution in [1.82, 2.24) is 9.80 Å². The van der Waals surface area contributed by atoms with Gasteiger partial charge in [-0.2, -0.15) is 0 Å². The molecular formula is C11H20N2O2. The number of carbonyl (C=O) groups is 1. The van der Waals surface area contributed by atoms with Gasteiger partial charge in [-0.15, -0.1) is 0 Å². The average molecular weight is 212 g/mol. The van der Waals surface area contributed by atoms with Gasteiger partial charge in [-0.3, -0.25) is 4.90 Å². The molecule has 2 aliphatic rings. The third-order valence-electron chi connectivity index (χ3n) is 3.34. The molecule has 0 bridgehead atoms. The van der Waals surface area contributed by atoms with Gasteiger partial charge < -0.3 is 9.64 Å². The van der Waals surface area contributed by atoms with Crippen LogP contribution in [-0.2, 0) is 4.74 Å². The first-order chi connectivity index (χ1) is 6.98. The van der Waals surface area contributed by atoms with Crippen molar-refractivity contribution in [3.63, 3.8) is 0 Å². The molecule has 0 saturated carbocycles. The van der Waals surface area contributed by atoms with Crippen LogP contribution in [0.1, 0.15) is 27.2 Å². The van der Waals surface area contributed by atoms with Crippen LogP contribution in [0.4, 0.5) is 4.79 Å². The first-order valence-electron chi connectivity index (χ1n) is 5.67. The fraction of sp³-hybridized carbons (Fsp3) is 0.909. The number of amides is 1. The summed E-state index contributed by atoms with van der Waals surface area (Å²) < 4.78 is 5.04. The van der Waals surface area contributed by atoms with Crippen molar-refractivity contribution >= 4 is 6.09 Å². The van der Waals surface area contributed by atoms with Crippen molar-refractivity contribution in [3.05, 3.63) is 0 Å². The molecule has 0 N–H and O–H groups in total. The van der Waals surface area contributed by atoms with Crippen LogP contribution in [0.25, 0.3) is 0 Å². The Hall–Kier alpha value is -0.770. The maximum absolute atomic E-state index is 11.5. The number of fused-ring (bicyclic) bond motifs is 1. The lowest BCUT2D eigenvalue weighted by Gasteiger charge is -2.47. The minimum atomic E-state index is -0.125. The monoisotopic (exact) mass is 212 g/mol. The van der Waals surface area contributed by atoms with Gasteiger partial charge in [0.05, 0.1) is 12.6 Å². The van der Waals surface area contributed by atoms with Gasteiger partial charge in [-0.25, -0.2) is 4.79 Å². The highest BCUT2D eigenvalue weighted by molar-refractivity contribution is 5.69. The highest BCUT2D eigenvalue weighted by Gasteiger charge is 2.37. The summed E-state index contributed by atoms with van der Waals surface area (Å²) in [5.74, 6) is 0. The van der Waals surface area contributed by atoms with Crippen molar-refractivity contribution in [1.29, 1.82) is 0 Å². The van der Waals surface area contributed by atoms with Crippen molar-refractivity contribution < 1.29 is 9.53 Å². The summed E-state index contributed by atoms with van der Waals surface area (Å²) in [5, 5.41) is 0. The van der Waals surface area contributed by atoms with E-state index in [0.29, 0.717) is 12.6 Å². The smallest absolute Gasteiger partial charge is 0.410 e. The molecule has 2 aliphatic heterocycles. The number of ether oxygens (including phenoxy) is 1. The van der Waals surface area contributed by atoms with Gasteiger partial charge in [-0.05, 0) is 20.8 Å². The minimum Gasteiger partial charge on any atom is -0.449 e. The van der Waals surface area contributed by atoms with Gasteiger partial charge >= 0.3 is 6.09 Å². The maximum atomic E-state index is 11.5. The Morgan fingerprint density at radius 3 is 2.73 bits per heavy atom. The second-order valence-electron chi connectivity index (χ2n) is 5.37. The van der Waals surface area contributed by atoms with Crippen molar-refractivity contribution in [2.45, 2.75) is 38.8 Å². The van der Waals surface area contributed by atoms with Crippen molar-refractivity contribution in [2.24, 2.45) is 0 Å². The van der Waals surface area contributed by atoms with Gasteiger partial charge in [0.1, 0.15) is 0 Å². The Bertz CT molecular complexity index is 260. The zero-order chi connectivity index (χ0) is 11.1. The molecule has 0 spiro atoms. The standard InChI is InChI=1S/C11H20N2O2/c1-11(2,3)12-5-6-13-9(8-12)4-7-15-10(13)14/h9H,4-8H2,1-3H3. The van der Waals surface area contributed by atoms with Gasteiger partial charge in [0.25, 0.3) is 0 Å². The van der Waals surface area contributed by atoms with Gasteiger partial charge in [0.15, 0.2) is 0 Å². The summed E-state index contributed by atoms with van der Waals surface area (Å²) >= 11 is 0. The highest BCUT2D eigenvalue weighted by atomic mass is 16.6. The average Bonchev–Trinajstić information content (AvgIpc) is 2.16. The molecule has 1 amide bonds. The molecule has 2 saturated heterocycles. The Labute approximate surface area is 91.2 Å². The fourth-order valence-electron chi connectivity index (χ4n) is 2.32. The van der Waals surface area contributed by atoms with E-state index in [1.807, 2.05) is 4.90 Å². The molecule has 4 heteroatoms. The molecule has 86 valence electrons. The van der Waals surface area contributed by atoms with E-state index in [1.54, 1.807) is 0 Å². The lowest BCUT2D eigenvalue weighted by atomic mass is 10.0. The van der Waals surface area contributed by atoms with E-state index >= 15 is 0 Å². The summed E-state index contributed by atoms with van der Waals surface area (Å²) in [6.45, 7) is 10.0. The Kier molecular flexibility index (Phi) is 2.63. The molecule has 0 aliphatic carbocycles. The first-order valence-corrected chi connectivity index (χ1v) is 5.67. The number of cyclic esters (lactones) is 1. The van der Waals surface area contributed by atoms with Gasteiger partial charge in [0.2, 0.25) is 0 Å². The molecule has 2 heterocycles. The molecule has 15 heavy (non-hydrogen) atoms. The van der Waals surface area contributed by atoms with Gasteiger partial charge in [0, 0.05) is 31.6 Å². The van der Waals surface area contributed by atoms with E-state index < -0.39 is 0 Å². The van der Waals surface area contributed by atoms with E-state index in [9.17, 15) is 4.79 Å². The van der Waals surface area contributed by atoms with Crippen LogP contribution in [0.2, 0.25) is 0 Å². The molecule has 1 atom stereocenters. The topological polar surface area (TPSA) is 32.8 Å². The van der Waals surface area contributed by atoms with Crippen LogP contribution in [0, 0.1) is 0 Å². The lowest BCUT2D eigenvalue weighted by molar-refractivity contribution is -0.0172. The summed E-state index contributed by atoms with van der Waals surface area (Å²) in [4.78, 5) is 15.8. The normalized spacial score (nSPS) is 28.6. The second kappa shape index (κ2) is 3.67. The third kappa shape index (κ3) is 2.09. The number of nitrogens with zero attached hydrogens (tertiary/aromatic N) is 2. The summed E-state index contributed by atoms with van der Waals surface area (Å²) in [5.41, 5.74) is 0.202. The number of piperazine rings is 1.